The van der Waals surface area contributed by atoms with Crippen LogP contribution in [0.4, 0.5) is 18.9 Å². The molecule has 0 aliphatic heterocycles. The summed E-state index contributed by atoms with van der Waals surface area (Å²) in [6.45, 7) is -0.138. The number of nitrogens with one attached hydrogen (secondary N) is 2. The number of sulfonamides is 1. The SMILES string of the molecule is [N-]=[N+]=NS(=O)(=O)c1ccc(NC(=O)CCCCCNC(=O)C(F)(F)F)cc1. The van der Waals surface area contributed by atoms with Crippen molar-refractivity contribution in [2.75, 3.05) is 11.9 Å². The Kier molecular flexibility index (Phi) is 8.06. The van der Waals surface area contributed by atoms with E-state index in [1.807, 2.05) is 0 Å². The Morgan fingerprint density at radius 3 is 2.30 bits per heavy atom. The third-order valence-corrected chi connectivity index (χ3v) is 4.36. The quantitative estimate of drug-likeness (QED) is 0.281. The molecule has 0 heterocycles. The van der Waals surface area contributed by atoms with E-state index in [9.17, 15) is 31.2 Å². The van der Waals surface area contributed by atoms with Gasteiger partial charge in [0.15, 0.2) is 0 Å². The van der Waals surface area contributed by atoms with Gasteiger partial charge in [-0.3, -0.25) is 9.59 Å². The van der Waals surface area contributed by atoms with E-state index in [2.05, 4.69) is 14.7 Å². The minimum absolute atomic E-state index is 0.103. The molecule has 0 aromatic heterocycles. The van der Waals surface area contributed by atoms with Crippen LogP contribution >= 0.6 is 0 Å². The minimum atomic E-state index is -4.91. The first kappa shape index (κ1) is 22.3. The summed E-state index contributed by atoms with van der Waals surface area (Å²) in [6.07, 6.45) is -3.67. The lowest BCUT2D eigenvalue weighted by Crippen LogP contribution is -2.37. The minimum Gasteiger partial charge on any atom is -0.348 e. The van der Waals surface area contributed by atoms with Crippen LogP contribution in [-0.4, -0.2) is 33.0 Å². The van der Waals surface area contributed by atoms with Crippen LogP contribution in [-0.2, 0) is 19.6 Å². The van der Waals surface area contributed by atoms with Crippen molar-refractivity contribution >= 4 is 27.5 Å². The van der Waals surface area contributed by atoms with Crippen molar-refractivity contribution in [3.8, 4) is 0 Å². The van der Waals surface area contributed by atoms with Crippen molar-refractivity contribution < 1.29 is 31.2 Å². The summed E-state index contributed by atoms with van der Waals surface area (Å²) in [6, 6.07) is 4.99. The van der Waals surface area contributed by atoms with Crippen molar-refractivity contribution in [1.29, 1.82) is 0 Å². The van der Waals surface area contributed by atoms with Gasteiger partial charge < -0.3 is 10.6 Å². The normalized spacial score (nSPS) is 11.4. The van der Waals surface area contributed by atoms with Crippen LogP contribution in [0.2, 0.25) is 0 Å². The number of nitrogens with zero attached hydrogens (tertiary/aromatic N) is 3. The van der Waals surface area contributed by atoms with Gasteiger partial charge in [-0.2, -0.15) is 13.2 Å². The van der Waals surface area contributed by atoms with Gasteiger partial charge >= 0.3 is 12.1 Å². The fraction of sp³-hybridized carbons (Fsp3) is 0.429. The molecular weight excluding hydrogens is 391 g/mol. The van der Waals surface area contributed by atoms with E-state index >= 15 is 0 Å². The Bertz CT molecular complexity index is 818. The number of hydrogen-bond donors (Lipinski definition) is 2. The maximum atomic E-state index is 11.9. The zero-order valence-corrected chi connectivity index (χ0v) is 14.7. The monoisotopic (exact) mass is 407 g/mol. The number of benzene rings is 1. The predicted molar refractivity (Wildman–Crippen MR) is 88.9 cm³/mol. The second kappa shape index (κ2) is 9.78. The van der Waals surface area contributed by atoms with Crippen molar-refractivity contribution in [3.05, 3.63) is 34.7 Å². The van der Waals surface area contributed by atoms with Gasteiger partial charge in [0.25, 0.3) is 10.0 Å². The molecule has 0 saturated heterocycles. The zero-order chi connectivity index (χ0) is 20.5. The molecule has 0 fully saturated rings. The van der Waals surface area contributed by atoms with E-state index in [1.165, 1.54) is 24.3 Å². The summed E-state index contributed by atoms with van der Waals surface area (Å²) in [5.74, 6) is -2.36. The number of unbranched alkanes of at least 4 members (excludes halogenated alkanes) is 2. The highest BCUT2D eigenvalue weighted by molar-refractivity contribution is 7.90. The highest BCUT2D eigenvalue weighted by Crippen LogP contribution is 2.17. The molecule has 1 aromatic carbocycles. The first-order valence-corrected chi connectivity index (χ1v) is 9.06. The van der Waals surface area contributed by atoms with Gasteiger partial charge in [0.05, 0.1) is 4.90 Å². The Balaban J connectivity index is 2.33. The van der Waals surface area contributed by atoms with Gasteiger partial charge in [-0.25, -0.2) is 8.42 Å². The summed E-state index contributed by atoms with van der Waals surface area (Å²) in [7, 11) is -4.10. The molecule has 0 aliphatic carbocycles. The number of carbonyl (C=O) groups is 2. The molecule has 0 bridgehead atoms. The van der Waals surface area contributed by atoms with Crippen LogP contribution in [0.1, 0.15) is 25.7 Å². The molecule has 0 spiro atoms. The third-order valence-electron chi connectivity index (χ3n) is 3.20. The van der Waals surface area contributed by atoms with Crippen molar-refractivity contribution in [2.45, 2.75) is 36.8 Å². The summed E-state index contributed by atoms with van der Waals surface area (Å²) < 4.78 is 61.5. The molecule has 148 valence electrons. The number of halogens is 3. The Labute approximate surface area is 152 Å². The van der Waals surface area contributed by atoms with Crippen LogP contribution in [0.3, 0.4) is 0 Å². The molecule has 0 atom stereocenters. The summed E-state index contributed by atoms with van der Waals surface area (Å²) in [4.78, 5) is 24.3. The van der Waals surface area contributed by atoms with Gasteiger partial charge in [-0.05, 0) is 42.6 Å². The molecule has 27 heavy (non-hydrogen) atoms. The molecule has 0 radical (unpaired) electrons. The van der Waals surface area contributed by atoms with Gasteiger partial charge in [0, 0.05) is 28.1 Å². The van der Waals surface area contributed by atoms with Crippen molar-refractivity contribution in [2.24, 2.45) is 4.52 Å². The van der Waals surface area contributed by atoms with E-state index < -0.39 is 22.1 Å². The molecule has 1 aromatic rings. The Morgan fingerprint density at radius 1 is 1.11 bits per heavy atom. The zero-order valence-electron chi connectivity index (χ0n) is 13.9. The van der Waals surface area contributed by atoms with Gasteiger partial charge in [-0.15, -0.1) is 0 Å². The molecule has 0 aliphatic rings. The number of amides is 2. The van der Waals surface area contributed by atoms with E-state index in [-0.39, 0.29) is 23.8 Å². The maximum Gasteiger partial charge on any atom is 0.471 e. The van der Waals surface area contributed by atoms with Crippen LogP contribution in [0, 0.1) is 0 Å². The smallest absolute Gasteiger partial charge is 0.348 e. The highest BCUT2D eigenvalue weighted by Gasteiger charge is 2.38. The van der Waals surface area contributed by atoms with Crippen molar-refractivity contribution in [1.82, 2.24) is 5.32 Å². The topological polar surface area (TPSA) is 141 Å². The Hall–Kier alpha value is -2.79. The summed E-state index contributed by atoms with van der Waals surface area (Å²) in [5, 5.41) is 4.26. The third kappa shape index (κ3) is 7.96. The largest absolute Gasteiger partial charge is 0.471 e. The fourth-order valence-corrected chi connectivity index (χ4v) is 2.59. The number of anilines is 1. The number of hydrogen-bond acceptors (Lipinski definition) is 4. The number of carbonyl (C=O) groups excluding carboxylic acids is 2. The summed E-state index contributed by atoms with van der Waals surface area (Å²) >= 11 is 0. The fourth-order valence-electron chi connectivity index (χ4n) is 1.92. The first-order valence-electron chi connectivity index (χ1n) is 7.62. The number of rotatable bonds is 9. The second-order valence-corrected chi connectivity index (χ2v) is 6.87. The van der Waals surface area contributed by atoms with Gasteiger partial charge in [0.2, 0.25) is 5.91 Å². The lowest BCUT2D eigenvalue weighted by molar-refractivity contribution is -0.173. The lowest BCUT2D eigenvalue weighted by atomic mass is 10.2. The van der Waals surface area contributed by atoms with Crippen LogP contribution < -0.4 is 10.6 Å². The van der Waals surface area contributed by atoms with Crippen LogP contribution in [0.5, 0.6) is 0 Å². The van der Waals surface area contributed by atoms with Gasteiger partial charge in [-0.1, -0.05) is 6.42 Å². The van der Waals surface area contributed by atoms with E-state index in [4.69, 9.17) is 5.53 Å². The predicted octanol–water partition coefficient (Wildman–Crippen LogP) is 2.86. The van der Waals surface area contributed by atoms with E-state index in [1.54, 1.807) is 5.32 Å². The van der Waals surface area contributed by atoms with Crippen molar-refractivity contribution in [3.63, 3.8) is 0 Å². The van der Waals surface area contributed by atoms with Crippen LogP contribution in [0.25, 0.3) is 10.4 Å². The molecule has 2 N–H and O–H groups in total. The van der Waals surface area contributed by atoms with Gasteiger partial charge in [0.1, 0.15) is 0 Å². The average molecular weight is 407 g/mol. The molecule has 9 nitrogen and oxygen atoms in total. The number of alkyl halides is 3. The molecule has 1 rings (SSSR count). The maximum absolute atomic E-state index is 11.9. The lowest BCUT2D eigenvalue weighted by Gasteiger charge is -2.08. The molecule has 0 unspecified atom stereocenters. The van der Waals surface area contributed by atoms with Crippen LogP contribution in [0.15, 0.2) is 33.7 Å². The summed E-state index contributed by atoms with van der Waals surface area (Å²) in [5.41, 5.74) is 8.52. The second-order valence-electron chi connectivity index (χ2n) is 5.28. The molecule has 0 saturated carbocycles. The first-order chi connectivity index (χ1) is 12.6. The standard InChI is InChI=1S/C14H16F3N5O4S/c15-14(16,17)13(24)19-9-3-1-2-4-12(23)20-10-5-7-11(8-6-10)27(25,26)22-21-18/h5-8H,1-4,9H2,(H,19,24)(H,20,23). The van der Waals surface area contributed by atoms with E-state index in [0.29, 0.717) is 24.9 Å². The average Bonchev–Trinajstić information content (AvgIpc) is 2.57. The molecular formula is C14H16F3N5O4S. The molecule has 2 amide bonds. The number of azide groups is 1. The van der Waals surface area contributed by atoms with E-state index in [0.717, 1.165) is 0 Å². The highest BCUT2D eigenvalue weighted by atomic mass is 32.2. The molecule has 13 heteroatoms. The Morgan fingerprint density at radius 2 is 1.74 bits per heavy atom.